The summed E-state index contributed by atoms with van der Waals surface area (Å²) in [7, 11) is 0. The molecule has 6 heteroatoms. The van der Waals surface area contributed by atoms with E-state index in [2.05, 4.69) is 283 Å². The lowest BCUT2D eigenvalue weighted by Gasteiger charge is -2.51. The van der Waals surface area contributed by atoms with Crippen LogP contribution in [0.1, 0.15) is 117 Å². The maximum atomic E-state index is 2.70. The van der Waals surface area contributed by atoms with Crippen LogP contribution in [0.5, 0.6) is 0 Å². The van der Waals surface area contributed by atoms with Gasteiger partial charge in [0.1, 0.15) is 0 Å². The van der Waals surface area contributed by atoms with Crippen LogP contribution in [0.3, 0.4) is 0 Å². The predicted octanol–water partition coefficient (Wildman–Crippen LogP) is 15.9. The molecule has 9 aromatic carbocycles. The van der Waals surface area contributed by atoms with Gasteiger partial charge in [0.15, 0.2) is 0 Å². The Balaban J connectivity index is 1.15. The second-order valence-corrected chi connectivity index (χ2v) is 25.6. The molecule has 0 spiro atoms. The van der Waals surface area contributed by atoms with Crippen LogP contribution < -0.4 is 52.4 Å². The second kappa shape index (κ2) is 18.8. The van der Waals surface area contributed by atoms with Gasteiger partial charge in [-0.3, -0.25) is 0 Å². The summed E-state index contributed by atoms with van der Waals surface area (Å²) in [5, 5.41) is 0. The van der Waals surface area contributed by atoms with Gasteiger partial charge in [0.05, 0.1) is 0 Å². The summed E-state index contributed by atoms with van der Waals surface area (Å²) in [5.41, 5.74) is 27.9. The Morgan fingerprint density at radius 2 is 0.833 bits per heavy atom. The van der Waals surface area contributed by atoms with E-state index in [1.165, 1.54) is 132 Å². The summed E-state index contributed by atoms with van der Waals surface area (Å²) in [4.78, 5) is 10.4. The monoisotopic (exact) mass is 1010 g/mol. The number of fused-ring (bicyclic) bond motifs is 10. The topological polar surface area (TPSA) is 13.0 Å². The summed E-state index contributed by atoms with van der Waals surface area (Å²) in [5.74, 6) is 0. The smallest absolute Gasteiger partial charge is 0.252 e. The van der Waals surface area contributed by atoms with Gasteiger partial charge >= 0.3 is 0 Å². The average Bonchev–Trinajstić information content (AvgIpc) is 3.55. The first-order valence-corrected chi connectivity index (χ1v) is 28.8. The molecule has 386 valence electrons. The molecule has 9 aromatic rings. The highest BCUT2D eigenvalue weighted by Crippen LogP contribution is 2.51. The maximum absolute atomic E-state index is 2.70. The molecule has 0 radical (unpaired) electrons. The molecule has 0 saturated carbocycles. The lowest BCUT2D eigenvalue weighted by Crippen LogP contribution is -2.68. The molecule has 4 aliphatic rings. The summed E-state index contributed by atoms with van der Waals surface area (Å²) in [6.45, 7) is 23.3. The third-order valence-electron chi connectivity index (χ3n) is 17.4. The van der Waals surface area contributed by atoms with Crippen molar-refractivity contribution in [3.63, 3.8) is 0 Å². The van der Waals surface area contributed by atoms with Gasteiger partial charge in [-0.05, 0) is 169 Å². The highest BCUT2D eigenvalue weighted by molar-refractivity contribution is 7.04. The zero-order valence-corrected chi connectivity index (χ0v) is 47.5. The van der Waals surface area contributed by atoms with Gasteiger partial charge in [-0.15, -0.1) is 0 Å². The predicted molar refractivity (Wildman–Crippen MR) is 338 cm³/mol. The van der Waals surface area contributed by atoms with E-state index in [0.717, 1.165) is 23.5 Å². The Bertz CT molecular complexity index is 3710. The number of aryl methyl sites for hydroxylation is 1. The van der Waals surface area contributed by atoms with E-state index >= 15 is 0 Å². The maximum Gasteiger partial charge on any atom is 0.252 e. The highest BCUT2D eigenvalue weighted by atomic mass is 15.2. The van der Waals surface area contributed by atoms with Crippen LogP contribution in [0, 0.1) is 0 Å². The molecule has 4 aliphatic heterocycles. The van der Waals surface area contributed by atoms with Gasteiger partial charge in [0.2, 0.25) is 0 Å². The van der Waals surface area contributed by atoms with Crippen molar-refractivity contribution in [3.8, 4) is 0 Å². The van der Waals surface area contributed by atoms with Crippen molar-refractivity contribution in [2.24, 2.45) is 0 Å². The van der Waals surface area contributed by atoms with Crippen molar-refractivity contribution in [1.29, 1.82) is 0 Å². The van der Waals surface area contributed by atoms with Crippen molar-refractivity contribution in [3.05, 3.63) is 216 Å². The van der Waals surface area contributed by atoms with Gasteiger partial charge in [0.25, 0.3) is 13.4 Å². The Morgan fingerprint density at radius 3 is 1.37 bits per heavy atom. The molecule has 0 aromatic heterocycles. The van der Waals surface area contributed by atoms with Gasteiger partial charge in [-0.25, -0.2) is 0 Å². The molecule has 0 N–H and O–H groups in total. The molecule has 4 heterocycles. The number of nitrogens with zero attached hydrogens (tertiary/aromatic N) is 4. The quantitative estimate of drug-likeness (QED) is 0.1000. The normalized spacial score (nSPS) is 13.9. The number of unbranched alkanes of at least 4 members (excludes halogenated alkanes) is 3. The number of benzene rings is 9. The van der Waals surface area contributed by atoms with E-state index in [1.807, 2.05) is 0 Å². The van der Waals surface area contributed by atoms with Crippen LogP contribution in [0.15, 0.2) is 194 Å². The molecule has 0 bridgehead atoms. The summed E-state index contributed by atoms with van der Waals surface area (Å²) < 4.78 is 0. The molecule has 78 heavy (non-hydrogen) atoms. The van der Waals surface area contributed by atoms with Crippen molar-refractivity contribution in [2.75, 3.05) is 19.6 Å². The van der Waals surface area contributed by atoms with Crippen LogP contribution in [0.2, 0.25) is 0 Å². The minimum absolute atomic E-state index is 0.000661. The number of anilines is 12. The summed E-state index contributed by atoms with van der Waals surface area (Å²) in [6.07, 6.45) is 6.07. The first kappa shape index (κ1) is 49.9. The van der Waals surface area contributed by atoms with Gasteiger partial charge in [-0.2, -0.15) is 0 Å². The number of hydrogen-bond acceptors (Lipinski definition) is 4. The molecule has 0 amide bonds. The number of rotatable bonds is 10. The molecular weight excluding hydrogens is 942 g/mol. The Kier molecular flexibility index (Phi) is 12.0. The zero-order valence-electron chi connectivity index (χ0n) is 47.5. The lowest BCUT2D eigenvalue weighted by molar-refractivity contribution is 0.590. The Labute approximate surface area is 465 Å². The van der Waals surface area contributed by atoms with Crippen molar-refractivity contribution < 1.29 is 0 Å². The fourth-order valence-electron chi connectivity index (χ4n) is 13.2. The fourth-order valence-corrected chi connectivity index (χ4v) is 13.2. The molecule has 0 saturated heterocycles. The Morgan fingerprint density at radius 1 is 0.359 bits per heavy atom. The second-order valence-electron chi connectivity index (χ2n) is 25.6. The minimum Gasteiger partial charge on any atom is -0.312 e. The first-order valence-electron chi connectivity index (χ1n) is 28.8. The van der Waals surface area contributed by atoms with Gasteiger partial charge in [0, 0.05) is 68.2 Å². The number of hydrogen-bond donors (Lipinski definition) is 0. The molecule has 0 atom stereocenters. The van der Waals surface area contributed by atoms with Crippen molar-refractivity contribution in [1.82, 2.24) is 0 Å². The standard InChI is InChI=1S/C72H72B2N4/c1-11-12-13-16-23-48-30-36-54(37-31-48)77-64-46-56(75(52-24-17-14-18-25-52)53-26-19-15-20-27-53)40-41-58(64)74-60-45-51(72(8,9)10)35-43-63(60)78-62-42-34-50(71(5,6)7)44-59(62)73-57-28-21-22-29-61(57)76(55-38-32-49(33-39-55)70(2,3)4)65-47-66(77)68(74)69(78)67(65)73/h14-15,17-22,24-47H,11-13,16,23H2,1-10H3. The molecule has 0 aliphatic carbocycles. The van der Waals surface area contributed by atoms with E-state index < -0.39 is 0 Å². The van der Waals surface area contributed by atoms with E-state index in [4.69, 9.17) is 0 Å². The van der Waals surface area contributed by atoms with Crippen molar-refractivity contribution in [2.45, 2.75) is 118 Å². The van der Waals surface area contributed by atoms with Gasteiger partial charge < -0.3 is 19.6 Å². The number of para-hydroxylation sites is 3. The van der Waals surface area contributed by atoms with E-state index in [-0.39, 0.29) is 29.7 Å². The molecule has 13 rings (SSSR count). The summed E-state index contributed by atoms with van der Waals surface area (Å²) in [6, 6.07) is 74.9. The van der Waals surface area contributed by atoms with Gasteiger partial charge in [-0.1, -0.05) is 198 Å². The SMILES string of the molecule is CCCCCCc1ccc(N2c3cc(N(c4ccccc4)c4ccccc4)ccc3B3c4cc(C(C)(C)C)ccc4N4c5ccc(C(C)(C)C)cc5B5c6ccccc6N(c6ccc(C(C)(C)C)cc6)c6cc2c3c4c65)cc1. The minimum atomic E-state index is -0.0647. The average molecular weight is 1020 g/mol. The summed E-state index contributed by atoms with van der Waals surface area (Å²) >= 11 is 0. The third-order valence-corrected chi connectivity index (χ3v) is 17.4. The van der Waals surface area contributed by atoms with E-state index in [0.29, 0.717) is 0 Å². The van der Waals surface area contributed by atoms with Crippen LogP contribution in [-0.2, 0) is 22.7 Å². The third kappa shape index (κ3) is 8.20. The Hall–Kier alpha value is -7.69. The van der Waals surface area contributed by atoms with Crippen LogP contribution in [-0.4, -0.2) is 13.4 Å². The van der Waals surface area contributed by atoms with Crippen LogP contribution >= 0.6 is 0 Å². The van der Waals surface area contributed by atoms with Crippen LogP contribution in [0.25, 0.3) is 0 Å². The molecule has 0 unspecified atom stereocenters. The molecule has 0 fully saturated rings. The lowest BCUT2D eigenvalue weighted by atomic mass is 9.28. The molecule has 4 nitrogen and oxygen atoms in total. The van der Waals surface area contributed by atoms with Crippen LogP contribution in [0.4, 0.5) is 68.2 Å². The highest BCUT2D eigenvalue weighted by Gasteiger charge is 2.52. The van der Waals surface area contributed by atoms with E-state index in [1.54, 1.807) is 0 Å². The molecular formula is C72H72B2N4. The zero-order chi connectivity index (χ0) is 53.8. The first-order chi connectivity index (χ1) is 37.6. The fraction of sp³-hybridized carbons (Fsp3) is 0.250. The van der Waals surface area contributed by atoms with Crippen molar-refractivity contribution >= 4 is 114 Å². The van der Waals surface area contributed by atoms with E-state index in [9.17, 15) is 0 Å². The largest absolute Gasteiger partial charge is 0.312 e.